The molecule has 0 bridgehead atoms. The molecule has 0 saturated heterocycles. The molecule has 0 aliphatic carbocycles. The molecule has 2 atom stereocenters. The van der Waals surface area contributed by atoms with E-state index in [0.717, 1.165) is 6.08 Å². The second-order valence-corrected chi connectivity index (χ2v) is 2.64. The highest BCUT2D eigenvalue weighted by molar-refractivity contribution is 7.74. The highest BCUT2D eigenvalue weighted by Gasteiger charge is 2.08. The summed E-state index contributed by atoms with van der Waals surface area (Å²) >= 11 is -2.54. The molecule has 0 N–H and O–H groups in total. The van der Waals surface area contributed by atoms with Gasteiger partial charge in [0.2, 0.25) is 0 Å². The van der Waals surface area contributed by atoms with Crippen molar-refractivity contribution in [2.45, 2.75) is 6.92 Å². The zero-order valence-corrected chi connectivity index (χ0v) is 6.93. The number of hydrogen-bond acceptors (Lipinski definition) is 4. The molecule has 0 fully saturated rings. The largest absolute Gasteiger partial charge is 0.750 e. The summed E-state index contributed by atoms with van der Waals surface area (Å²) in [5.41, 5.74) is 0. The third-order valence-corrected chi connectivity index (χ3v) is 1.43. The fourth-order valence-corrected chi connectivity index (χ4v) is 0.756. The van der Waals surface area contributed by atoms with E-state index in [2.05, 4.69) is 10.8 Å². The van der Waals surface area contributed by atoms with Gasteiger partial charge in [-0.2, -0.15) is 0 Å². The van der Waals surface area contributed by atoms with Crippen molar-refractivity contribution in [3.05, 3.63) is 12.7 Å². The third-order valence-electron chi connectivity index (χ3n) is 1.10. The van der Waals surface area contributed by atoms with Gasteiger partial charge in [0.25, 0.3) is 0 Å². The molecule has 0 aromatic heterocycles. The van der Waals surface area contributed by atoms with Gasteiger partial charge >= 0.3 is 0 Å². The van der Waals surface area contributed by atoms with E-state index in [0.29, 0.717) is 0 Å². The van der Waals surface area contributed by atoms with Crippen molar-refractivity contribution in [1.29, 1.82) is 0 Å². The van der Waals surface area contributed by atoms with Crippen molar-refractivity contribution in [3.63, 3.8) is 0 Å². The molecule has 0 radical (unpaired) electrons. The Morgan fingerprint density at radius 1 is 1.91 bits per heavy atom. The van der Waals surface area contributed by atoms with E-state index in [-0.39, 0.29) is 12.4 Å². The Bertz CT molecular complexity index is 177. The second kappa shape index (κ2) is 5.17. The smallest absolute Gasteiger partial charge is 0.160 e. The van der Waals surface area contributed by atoms with Crippen LogP contribution in [-0.4, -0.2) is 21.2 Å². The van der Waals surface area contributed by atoms with E-state index < -0.39 is 17.3 Å². The minimum absolute atomic E-state index is 0.124. The molecule has 0 saturated carbocycles. The van der Waals surface area contributed by atoms with Crippen molar-refractivity contribution in [3.8, 4) is 0 Å². The van der Waals surface area contributed by atoms with Crippen LogP contribution in [0.2, 0.25) is 0 Å². The lowest BCUT2D eigenvalue weighted by molar-refractivity contribution is -0.118. The van der Waals surface area contributed by atoms with Gasteiger partial charge in [0.1, 0.15) is 0 Å². The lowest BCUT2D eigenvalue weighted by atomic mass is 10.1. The van der Waals surface area contributed by atoms with Gasteiger partial charge in [0, 0.05) is 5.92 Å². The van der Waals surface area contributed by atoms with Crippen LogP contribution in [0.1, 0.15) is 6.92 Å². The first-order valence-corrected chi connectivity index (χ1v) is 3.96. The fraction of sp³-hybridized carbons (Fsp3) is 0.500. The second-order valence-electron chi connectivity index (χ2n) is 2.00. The summed E-state index contributed by atoms with van der Waals surface area (Å²) in [5, 5.41) is 0. The number of carbonyl (C=O) groups is 1. The Morgan fingerprint density at radius 2 is 2.45 bits per heavy atom. The lowest BCUT2D eigenvalue weighted by Gasteiger charge is -2.09. The highest BCUT2D eigenvalue weighted by Crippen LogP contribution is 1.98. The number of ketones is 1. The molecule has 2 unspecified atom stereocenters. The van der Waals surface area contributed by atoms with E-state index in [4.69, 9.17) is 0 Å². The van der Waals surface area contributed by atoms with Crippen LogP contribution >= 0.6 is 0 Å². The van der Waals surface area contributed by atoms with Crippen LogP contribution in [0.3, 0.4) is 0 Å². The van der Waals surface area contributed by atoms with Crippen LogP contribution in [0.15, 0.2) is 12.7 Å². The number of rotatable bonds is 5. The Balaban J connectivity index is 3.68. The summed E-state index contributed by atoms with van der Waals surface area (Å²) in [6.07, 6.45) is 1.14. The normalized spacial score (nSPS) is 15.5. The first-order chi connectivity index (χ1) is 5.07. The minimum atomic E-state index is -2.54. The molecule has 0 aromatic carbocycles. The zero-order valence-electron chi connectivity index (χ0n) is 6.11. The average Bonchev–Trinajstić information content (AvgIpc) is 1.98. The maximum atomic E-state index is 10.7. The fourth-order valence-electron chi connectivity index (χ4n) is 0.441. The van der Waals surface area contributed by atoms with Gasteiger partial charge in [-0.05, 0) is 6.08 Å². The molecule has 11 heavy (non-hydrogen) atoms. The monoisotopic (exact) mass is 177 g/mol. The molecule has 4 nitrogen and oxygen atoms in total. The predicted molar refractivity (Wildman–Crippen MR) is 39.2 cm³/mol. The molecular weight excluding hydrogens is 168 g/mol. The summed E-state index contributed by atoms with van der Waals surface area (Å²) in [6, 6.07) is 0. The molecule has 64 valence electrons. The highest BCUT2D eigenvalue weighted by atomic mass is 32.2. The van der Waals surface area contributed by atoms with Crippen molar-refractivity contribution < 1.29 is 17.7 Å². The standard InChI is InChI=1S/C6H10O4S/c1-3-6(7)5(2)4-10-11(8)9/h3,5H,1,4H2,2H3,(H,8,9)/p-1. The maximum Gasteiger partial charge on any atom is 0.160 e. The number of allylic oxidation sites excluding steroid dienone is 1. The van der Waals surface area contributed by atoms with E-state index >= 15 is 0 Å². The molecular formula is C6H9O4S-. The first kappa shape index (κ1) is 10.5. The summed E-state index contributed by atoms with van der Waals surface area (Å²) in [4.78, 5) is 10.7. The van der Waals surface area contributed by atoms with Gasteiger partial charge < -0.3 is 8.74 Å². The minimum Gasteiger partial charge on any atom is -0.750 e. The van der Waals surface area contributed by atoms with Crippen LogP contribution < -0.4 is 0 Å². The predicted octanol–water partition coefficient (Wildman–Crippen LogP) is 0.188. The Labute approximate surface area is 67.7 Å². The molecule has 0 aliphatic rings. The van der Waals surface area contributed by atoms with Gasteiger partial charge in [0.15, 0.2) is 5.78 Å². The third kappa shape index (κ3) is 4.83. The topological polar surface area (TPSA) is 66.4 Å². The molecule has 0 spiro atoms. The first-order valence-electron chi connectivity index (χ1n) is 2.96. The van der Waals surface area contributed by atoms with Crippen LogP contribution in [0.5, 0.6) is 0 Å². The van der Waals surface area contributed by atoms with E-state index in [9.17, 15) is 13.6 Å². The van der Waals surface area contributed by atoms with Gasteiger partial charge in [-0.25, -0.2) is 4.21 Å². The quantitative estimate of drug-likeness (QED) is 0.444. The molecule has 0 heterocycles. The van der Waals surface area contributed by atoms with Gasteiger partial charge in [-0.1, -0.05) is 13.5 Å². The summed E-state index contributed by atoms with van der Waals surface area (Å²) in [5.74, 6) is -0.680. The van der Waals surface area contributed by atoms with Crippen molar-refractivity contribution >= 4 is 17.1 Å². The molecule has 0 rings (SSSR count). The average molecular weight is 177 g/mol. The van der Waals surface area contributed by atoms with Gasteiger partial charge in [0.05, 0.1) is 18.0 Å². The maximum absolute atomic E-state index is 10.7. The summed E-state index contributed by atoms with van der Waals surface area (Å²) in [7, 11) is 0. The van der Waals surface area contributed by atoms with E-state index in [1.54, 1.807) is 6.92 Å². The van der Waals surface area contributed by atoms with Crippen LogP contribution in [0.25, 0.3) is 0 Å². The lowest BCUT2D eigenvalue weighted by Crippen LogP contribution is -2.15. The molecule has 5 heteroatoms. The van der Waals surface area contributed by atoms with Crippen molar-refractivity contribution in [1.82, 2.24) is 0 Å². The summed E-state index contributed by atoms with van der Waals surface area (Å²) in [6.45, 7) is 4.69. The van der Waals surface area contributed by atoms with Gasteiger partial charge in [-0.15, -0.1) is 0 Å². The van der Waals surface area contributed by atoms with Crippen LogP contribution in [-0.2, 0) is 20.3 Å². The molecule has 0 amide bonds. The van der Waals surface area contributed by atoms with E-state index in [1.165, 1.54) is 0 Å². The van der Waals surface area contributed by atoms with Crippen LogP contribution in [0.4, 0.5) is 0 Å². The molecule has 0 aromatic rings. The number of hydrogen-bond donors (Lipinski definition) is 0. The van der Waals surface area contributed by atoms with Crippen molar-refractivity contribution in [2.75, 3.05) is 6.61 Å². The number of carbonyl (C=O) groups excluding carboxylic acids is 1. The van der Waals surface area contributed by atoms with Crippen LogP contribution in [0, 0.1) is 5.92 Å². The van der Waals surface area contributed by atoms with Crippen molar-refractivity contribution in [2.24, 2.45) is 5.92 Å². The SMILES string of the molecule is C=CC(=O)C(C)COS(=O)[O-]. The van der Waals surface area contributed by atoms with Gasteiger partial charge in [-0.3, -0.25) is 4.79 Å². The Kier molecular flexibility index (Phi) is 4.93. The Morgan fingerprint density at radius 3 is 2.82 bits per heavy atom. The van der Waals surface area contributed by atoms with E-state index in [1.807, 2.05) is 0 Å². The molecule has 0 aliphatic heterocycles. The zero-order chi connectivity index (χ0) is 8.85. The Hall–Kier alpha value is -0.520. The summed E-state index contributed by atoms with van der Waals surface area (Å²) < 4.78 is 23.9.